The summed E-state index contributed by atoms with van der Waals surface area (Å²) in [6, 6.07) is 0. The summed E-state index contributed by atoms with van der Waals surface area (Å²) in [6.45, 7) is 5.66. The second kappa shape index (κ2) is 7.97. The van der Waals surface area contributed by atoms with Gasteiger partial charge in [0, 0.05) is 22.5 Å². The van der Waals surface area contributed by atoms with Crippen LogP contribution in [0.25, 0.3) is 0 Å². The Labute approximate surface area is 89.5 Å². The first-order valence-electron chi connectivity index (χ1n) is 4.59. The fraction of sp³-hybridized carbons (Fsp3) is 1.00. The number of aliphatic hydroxyl groups excluding tert-OH is 2. The van der Waals surface area contributed by atoms with Crippen molar-refractivity contribution in [2.75, 3.05) is 17.3 Å². The summed E-state index contributed by atoms with van der Waals surface area (Å²) >= 11 is 3.55. The van der Waals surface area contributed by atoms with Crippen LogP contribution in [0.3, 0.4) is 0 Å². The molecule has 0 aliphatic rings. The Bertz CT molecular complexity index is 118. The summed E-state index contributed by atoms with van der Waals surface area (Å²) < 4.78 is 0. The predicted octanol–water partition coefficient (Wildman–Crippen LogP) is 1.60. The van der Waals surface area contributed by atoms with Crippen molar-refractivity contribution in [1.82, 2.24) is 0 Å². The third-order valence-electron chi connectivity index (χ3n) is 1.65. The molecule has 0 spiro atoms. The van der Waals surface area contributed by atoms with Crippen LogP contribution in [0.2, 0.25) is 0 Å². The minimum Gasteiger partial charge on any atom is -0.393 e. The van der Waals surface area contributed by atoms with Crippen LogP contribution in [0.5, 0.6) is 0 Å². The smallest absolute Gasteiger partial charge is 0.0627 e. The molecule has 0 radical (unpaired) electrons. The Morgan fingerprint density at radius 1 is 1.08 bits per heavy atom. The van der Waals surface area contributed by atoms with Crippen molar-refractivity contribution < 1.29 is 10.2 Å². The van der Waals surface area contributed by atoms with Crippen molar-refractivity contribution in [3.05, 3.63) is 0 Å². The van der Waals surface area contributed by atoms with Gasteiger partial charge in [0.1, 0.15) is 0 Å². The van der Waals surface area contributed by atoms with Gasteiger partial charge in [-0.15, -0.1) is 0 Å². The van der Waals surface area contributed by atoms with Gasteiger partial charge in [0.25, 0.3) is 0 Å². The van der Waals surface area contributed by atoms with Gasteiger partial charge in [-0.1, -0.05) is 6.92 Å². The SMILES string of the molecule is CC(O)CSCCSC(C)C(C)O. The van der Waals surface area contributed by atoms with Gasteiger partial charge in [-0.2, -0.15) is 23.5 Å². The minimum absolute atomic E-state index is 0.204. The monoisotopic (exact) mass is 224 g/mol. The minimum atomic E-state index is -0.230. The molecule has 0 amide bonds. The molecule has 2 N–H and O–H groups in total. The molecular weight excluding hydrogens is 204 g/mol. The van der Waals surface area contributed by atoms with Crippen LogP contribution in [-0.2, 0) is 0 Å². The molecule has 0 saturated carbocycles. The van der Waals surface area contributed by atoms with Gasteiger partial charge in [0.05, 0.1) is 12.2 Å². The van der Waals surface area contributed by atoms with E-state index >= 15 is 0 Å². The molecule has 0 aromatic heterocycles. The van der Waals surface area contributed by atoms with Crippen molar-refractivity contribution in [2.45, 2.75) is 38.2 Å². The first kappa shape index (κ1) is 13.6. The lowest BCUT2D eigenvalue weighted by molar-refractivity contribution is 0.196. The first-order chi connectivity index (χ1) is 6.04. The van der Waals surface area contributed by atoms with Crippen LogP contribution in [0.1, 0.15) is 20.8 Å². The zero-order chi connectivity index (χ0) is 10.3. The van der Waals surface area contributed by atoms with E-state index < -0.39 is 0 Å². The third kappa shape index (κ3) is 8.94. The Kier molecular flexibility index (Phi) is 8.35. The largest absolute Gasteiger partial charge is 0.393 e. The highest BCUT2D eigenvalue weighted by molar-refractivity contribution is 8.03. The van der Waals surface area contributed by atoms with Crippen LogP contribution < -0.4 is 0 Å². The van der Waals surface area contributed by atoms with Gasteiger partial charge in [0.15, 0.2) is 0 Å². The lowest BCUT2D eigenvalue weighted by Crippen LogP contribution is -2.16. The van der Waals surface area contributed by atoms with Crippen molar-refractivity contribution in [2.24, 2.45) is 0 Å². The molecule has 4 heteroatoms. The highest BCUT2D eigenvalue weighted by Gasteiger charge is 2.08. The molecule has 0 aliphatic carbocycles. The molecule has 0 saturated heterocycles. The van der Waals surface area contributed by atoms with Crippen molar-refractivity contribution in [3.63, 3.8) is 0 Å². The maximum absolute atomic E-state index is 9.20. The van der Waals surface area contributed by atoms with E-state index in [4.69, 9.17) is 5.11 Å². The zero-order valence-corrected chi connectivity index (χ0v) is 10.2. The number of rotatable bonds is 7. The summed E-state index contributed by atoms with van der Waals surface area (Å²) in [4.78, 5) is 0. The highest BCUT2D eigenvalue weighted by atomic mass is 32.2. The predicted molar refractivity (Wildman–Crippen MR) is 62.6 cm³/mol. The molecule has 3 unspecified atom stereocenters. The van der Waals surface area contributed by atoms with Crippen LogP contribution in [0.15, 0.2) is 0 Å². The summed E-state index contributed by atoms with van der Waals surface area (Å²) in [5.74, 6) is 2.90. The molecule has 0 rings (SSSR count). The number of hydrogen-bond donors (Lipinski definition) is 2. The summed E-state index contributed by atoms with van der Waals surface area (Å²) in [6.07, 6.45) is -0.434. The fourth-order valence-corrected chi connectivity index (χ4v) is 2.70. The van der Waals surface area contributed by atoms with E-state index in [-0.39, 0.29) is 12.2 Å². The Hall–Kier alpha value is 0.620. The normalized spacial score (nSPS) is 18.2. The molecule has 0 aromatic carbocycles. The highest BCUT2D eigenvalue weighted by Crippen LogP contribution is 2.16. The van der Waals surface area contributed by atoms with Crippen LogP contribution in [0, 0.1) is 0 Å². The van der Waals surface area contributed by atoms with E-state index in [1.165, 1.54) is 0 Å². The van der Waals surface area contributed by atoms with Gasteiger partial charge in [0.2, 0.25) is 0 Å². The van der Waals surface area contributed by atoms with Crippen LogP contribution in [0.4, 0.5) is 0 Å². The molecule has 0 aromatic rings. The molecule has 2 nitrogen and oxygen atoms in total. The second-order valence-corrected chi connectivity index (χ2v) is 5.88. The number of hydrogen-bond acceptors (Lipinski definition) is 4. The molecular formula is C9H20O2S2. The summed E-state index contributed by atoms with van der Waals surface area (Å²) in [5, 5.41) is 18.5. The van der Waals surface area contributed by atoms with Gasteiger partial charge in [-0.25, -0.2) is 0 Å². The molecule has 0 bridgehead atoms. The fourth-order valence-electron chi connectivity index (χ4n) is 0.686. The summed E-state index contributed by atoms with van der Waals surface area (Å²) in [7, 11) is 0. The van der Waals surface area contributed by atoms with E-state index in [1.54, 1.807) is 30.4 Å². The Balaban J connectivity index is 3.16. The van der Waals surface area contributed by atoms with Crippen molar-refractivity contribution >= 4 is 23.5 Å². The van der Waals surface area contributed by atoms with Crippen LogP contribution in [-0.4, -0.2) is 44.9 Å². The average Bonchev–Trinajstić information content (AvgIpc) is 2.02. The van der Waals surface area contributed by atoms with Gasteiger partial charge >= 0.3 is 0 Å². The van der Waals surface area contributed by atoms with Crippen molar-refractivity contribution in [1.29, 1.82) is 0 Å². The standard InChI is InChI=1S/C9H20O2S2/c1-7(10)6-12-4-5-13-9(3)8(2)11/h7-11H,4-6H2,1-3H3. The molecule has 0 fully saturated rings. The third-order valence-corrected chi connectivity index (χ3v) is 4.48. The van der Waals surface area contributed by atoms with E-state index in [2.05, 4.69) is 0 Å². The first-order valence-corrected chi connectivity index (χ1v) is 6.80. The Morgan fingerprint density at radius 2 is 1.69 bits per heavy atom. The molecule has 80 valence electrons. The molecule has 0 heterocycles. The van der Waals surface area contributed by atoms with E-state index in [1.807, 2.05) is 13.8 Å². The molecule has 0 aliphatic heterocycles. The lowest BCUT2D eigenvalue weighted by Gasteiger charge is -2.13. The van der Waals surface area contributed by atoms with Gasteiger partial charge in [-0.3, -0.25) is 0 Å². The molecule has 3 atom stereocenters. The number of thioether (sulfide) groups is 2. The molecule has 13 heavy (non-hydrogen) atoms. The quantitative estimate of drug-likeness (QED) is 0.645. The topological polar surface area (TPSA) is 40.5 Å². The average molecular weight is 224 g/mol. The van der Waals surface area contributed by atoms with E-state index in [0.717, 1.165) is 17.3 Å². The second-order valence-electron chi connectivity index (χ2n) is 3.24. The van der Waals surface area contributed by atoms with Gasteiger partial charge in [-0.05, 0) is 13.8 Å². The lowest BCUT2D eigenvalue weighted by atomic mass is 10.3. The van der Waals surface area contributed by atoms with Crippen molar-refractivity contribution in [3.8, 4) is 0 Å². The van der Waals surface area contributed by atoms with Crippen LogP contribution >= 0.6 is 23.5 Å². The van der Waals surface area contributed by atoms with Gasteiger partial charge < -0.3 is 10.2 Å². The Morgan fingerprint density at radius 3 is 2.15 bits per heavy atom. The van der Waals surface area contributed by atoms with E-state index in [0.29, 0.717) is 5.25 Å². The summed E-state index contributed by atoms with van der Waals surface area (Å²) in [5.41, 5.74) is 0. The maximum Gasteiger partial charge on any atom is 0.0627 e. The maximum atomic E-state index is 9.20. The zero-order valence-electron chi connectivity index (χ0n) is 8.56. The number of aliphatic hydroxyl groups is 2. The van der Waals surface area contributed by atoms with E-state index in [9.17, 15) is 5.11 Å².